The van der Waals surface area contributed by atoms with Crippen LogP contribution in [0.15, 0.2) is 18.2 Å². The lowest BCUT2D eigenvalue weighted by atomic mass is 9.98. The maximum absolute atomic E-state index is 9.89. The Bertz CT molecular complexity index is 409. The van der Waals surface area contributed by atoms with E-state index in [1.807, 2.05) is 13.1 Å². The molecule has 1 aliphatic rings. The molecule has 0 radical (unpaired) electrons. The molecule has 1 saturated heterocycles. The monoisotopic (exact) mass is 264 g/mol. The standard InChI is InChI=1S/C15H24N2O2/c1-16-8-7-13-4-2-3-9-17(13)11-12-5-6-14(18)10-15(12)19/h5-6,10,13,16,18-19H,2-4,7-9,11H2,1H3. The van der Waals surface area contributed by atoms with Crippen molar-refractivity contribution in [2.45, 2.75) is 38.3 Å². The molecule has 1 aromatic carbocycles. The number of nitrogens with zero attached hydrogens (tertiary/aromatic N) is 1. The summed E-state index contributed by atoms with van der Waals surface area (Å²) in [4.78, 5) is 2.45. The van der Waals surface area contributed by atoms with E-state index in [0.29, 0.717) is 6.04 Å². The molecule has 3 N–H and O–H groups in total. The molecule has 1 aliphatic heterocycles. The zero-order valence-electron chi connectivity index (χ0n) is 11.6. The first-order valence-electron chi connectivity index (χ1n) is 7.10. The summed E-state index contributed by atoms with van der Waals surface area (Å²) in [5.41, 5.74) is 0.897. The Kier molecular flexibility index (Phi) is 5.05. The zero-order chi connectivity index (χ0) is 13.7. The van der Waals surface area contributed by atoms with Crippen LogP contribution in [-0.2, 0) is 6.54 Å². The summed E-state index contributed by atoms with van der Waals surface area (Å²) < 4.78 is 0. The number of rotatable bonds is 5. The van der Waals surface area contributed by atoms with Crippen LogP contribution in [0.5, 0.6) is 11.5 Å². The fraction of sp³-hybridized carbons (Fsp3) is 0.600. The van der Waals surface area contributed by atoms with E-state index in [-0.39, 0.29) is 11.5 Å². The first-order valence-corrected chi connectivity index (χ1v) is 7.10. The lowest BCUT2D eigenvalue weighted by Crippen LogP contribution is -2.40. The van der Waals surface area contributed by atoms with Crippen LogP contribution in [0.3, 0.4) is 0 Å². The number of nitrogens with one attached hydrogen (secondary N) is 1. The second-order valence-electron chi connectivity index (χ2n) is 5.33. The fourth-order valence-corrected chi connectivity index (χ4v) is 2.81. The predicted octanol–water partition coefficient (Wildman–Crippen LogP) is 2.06. The highest BCUT2D eigenvalue weighted by Crippen LogP contribution is 2.27. The van der Waals surface area contributed by atoms with Gasteiger partial charge in [0.05, 0.1) is 0 Å². The van der Waals surface area contributed by atoms with Gasteiger partial charge in [0.2, 0.25) is 0 Å². The van der Waals surface area contributed by atoms with Crippen LogP contribution in [0.4, 0.5) is 0 Å². The fourth-order valence-electron chi connectivity index (χ4n) is 2.81. The van der Waals surface area contributed by atoms with Gasteiger partial charge in [0.1, 0.15) is 11.5 Å². The third-order valence-electron chi connectivity index (χ3n) is 3.92. The highest BCUT2D eigenvalue weighted by Gasteiger charge is 2.22. The number of hydrogen-bond donors (Lipinski definition) is 3. The Hall–Kier alpha value is -1.26. The summed E-state index contributed by atoms with van der Waals surface area (Å²) >= 11 is 0. The van der Waals surface area contributed by atoms with E-state index in [2.05, 4.69) is 10.2 Å². The molecule has 0 amide bonds. The third kappa shape index (κ3) is 3.85. The minimum atomic E-state index is 0.117. The first-order chi connectivity index (χ1) is 9.20. The predicted molar refractivity (Wildman–Crippen MR) is 76.4 cm³/mol. The largest absolute Gasteiger partial charge is 0.508 e. The van der Waals surface area contributed by atoms with Gasteiger partial charge >= 0.3 is 0 Å². The van der Waals surface area contributed by atoms with Gasteiger partial charge in [-0.15, -0.1) is 0 Å². The van der Waals surface area contributed by atoms with Gasteiger partial charge in [-0.05, 0) is 45.5 Å². The lowest BCUT2D eigenvalue weighted by molar-refractivity contribution is 0.131. The van der Waals surface area contributed by atoms with E-state index in [1.165, 1.54) is 25.3 Å². The minimum absolute atomic E-state index is 0.117. The first kappa shape index (κ1) is 14.2. The molecule has 106 valence electrons. The minimum Gasteiger partial charge on any atom is -0.508 e. The molecule has 0 spiro atoms. The molecule has 4 heteroatoms. The second kappa shape index (κ2) is 6.78. The molecule has 1 unspecified atom stereocenters. The van der Waals surface area contributed by atoms with Crippen molar-refractivity contribution < 1.29 is 10.2 Å². The molecule has 4 nitrogen and oxygen atoms in total. The zero-order valence-corrected chi connectivity index (χ0v) is 11.6. The van der Waals surface area contributed by atoms with Crippen molar-refractivity contribution in [1.29, 1.82) is 0 Å². The van der Waals surface area contributed by atoms with Gasteiger partial charge in [0.15, 0.2) is 0 Å². The summed E-state index contributed by atoms with van der Waals surface area (Å²) in [6.45, 7) is 2.89. The maximum atomic E-state index is 9.89. The molecule has 19 heavy (non-hydrogen) atoms. The van der Waals surface area contributed by atoms with Gasteiger partial charge in [-0.3, -0.25) is 4.90 Å². The maximum Gasteiger partial charge on any atom is 0.123 e. The number of likely N-dealkylation sites (tertiary alicyclic amines) is 1. The average molecular weight is 264 g/mol. The molecule has 0 bridgehead atoms. The molecular weight excluding hydrogens is 240 g/mol. The van der Waals surface area contributed by atoms with Crippen LogP contribution in [0.1, 0.15) is 31.2 Å². The van der Waals surface area contributed by atoms with Gasteiger partial charge in [-0.25, -0.2) is 0 Å². The summed E-state index contributed by atoms with van der Waals surface area (Å²) in [6.07, 6.45) is 4.91. The summed E-state index contributed by atoms with van der Waals surface area (Å²) in [5, 5.41) is 22.4. The molecule has 0 saturated carbocycles. The van der Waals surface area contributed by atoms with Crippen LogP contribution in [0.2, 0.25) is 0 Å². The smallest absolute Gasteiger partial charge is 0.123 e. The Morgan fingerprint density at radius 3 is 2.89 bits per heavy atom. The van der Waals surface area contributed by atoms with Crippen molar-refractivity contribution in [1.82, 2.24) is 10.2 Å². The topological polar surface area (TPSA) is 55.7 Å². The number of hydrogen-bond acceptors (Lipinski definition) is 4. The van der Waals surface area contributed by atoms with E-state index < -0.39 is 0 Å². The molecule has 0 aromatic heterocycles. The summed E-state index contributed by atoms with van der Waals surface area (Å²) in [5.74, 6) is 0.310. The van der Waals surface area contributed by atoms with E-state index >= 15 is 0 Å². The number of benzene rings is 1. The van der Waals surface area contributed by atoms with Gasteiger partial charge in [-0.2, -0.15) is 0 Å². The van der Waals surface area contributed by atoms with Gasteiger partial charge in [-0.1, -0.05) is 12.5 Å². The molecule has 1 heterocycles. The third-order valence-corrected chi connectivity index (χ3v) is 3.92. The van der Waals surface area contributed by atoms with Crippen molar-refractivity contribution >= 4 is 0 Å². The van der Waals surface area contributed by atoms with E-state index in [0.717, 1.165) is 31.6 Å². The van der Waals surface area contributed by atoms with E-state index in [9.17, 15) is 10.2 Å². The molecule has 0 aliphatic carbocycles. The lowest BCUT2D eigenvalue weighted by Gasteiger charge is -2.36. The molecule has 1 aromatic rings. The Morgan fingerprint density at radius 1 is 1.32 bits per heavy atom. The van der Waals surface area contributed by atoms with E-state index in [4.69, 9.17) is 0 Å². The van der Waals surface area contributed by atoms with Crippen molar-refractivity contribution in [2.24, 2.45) is 0 Å². The van der Waals surface area contributed by atoms with Crippen molar-refractivity contribution in [2.75, 3.05) is 20.1 Å². The molecular formula is C15H24N2O2. The van der Waals surface area contributed by atoms with Crippen molar-refractivity contribution in [3.05, 3.63) is 23.8 Å². The van der Waals surface area contributed by atoms with Crippen LogP contribution < -0.4 is 5.32 Å². The highest BCUT2D eigenvalue weighted by atomic mass is 16.3. The normalized spacial score (nSPS) is 20.6. The highest BCUT2D eigenvalue weighted by molar-refractivity contribution is 5.38. The number of piperidine rings is 1. The van der Waals surface area contributed by atoms with Crippen molar-refractivity contribution in [3.63, 3.8) is 0 Å². The van der Waals surface area contributed by atoms with Crippen LogP contribution in [-0.4, -0.2) is 41.3 Å². The summed E-state index contributed by atoms with van der Waals surface area (Å²) in [6, 6.07) is 5.46. The average Bonchev–Trinajstić information content (AvgIpc) is 2.41. The van der Waals surface area contributed by atoms with Crippen LogP contribution >= 0.6 is 0 Å². The van der Waals surface area contributed by atoms with E-state index in [1.54, 1.807) is 6.07 Å². The Labute approximate surface area is 115 Å². The molecule has 2 rings (SSSR count). The second-order valence-corrected chi connectivity index (χ2v) is 5.33. The Morgan fingerprint density at radius 2 is 2.16 bits per heavy atom. The van der Waals surface area contributed by atoms with Crippen molar-refractivity contribution in [3.8, 4) is 11.5 Å². The Balaban J connectivity index is 2.02. The molecule has 1 atom stereocenters. The number of aromatic hydroxyl groups is 2. The summed E-state index contributed by atoms with van der Waals surface area (Å²) in [7, 11) is 1.99. The van der Waals surface area contributed by atoms with Gasteiger partial charge in [0, 0.05) is 24.2 Å². The molecule has 1 fully saturated rings. The quantitative estimate of drug-likeness (QED) is 0.762. The van der Waals surface area contributed by atoms with Gasteiger partial charge < -0.3 is 15.5 Å². The SMILES string of the molecule is CNCCC1CCCCN1Cc1ccc(O)cc1O. The van der Waals surface area contributed by atoms with Crippen LogP contribution in [0, 0.1) is 0 Å². The van der Waals surface area contributed by atoms with Gasteiger partial charge in [0.25, 0.3) is 0 Å². The number of phenolic OH excluding ortho intramolecular Hbond substituents is 2. The number of phenols is 2. The van der Waals surface area contributed by atoms with Crippen LogP contribution in [0.25, 0.3) is 0 Å².